The van der Waals surface area contributed by atoms with Crippen molar-refractivity contribution in [2.45, 2.75) is 32.1 Å². The number of halogens is 2. The first kappa shape index (κ1) is 15.6. The highest BCUT2D eigenvalue weighted by molar-refractivity contribution is 5.68. The quantitative estimate of drug-likeness (QED) is 0.827. The summed E-state index contributed by atoms with van der Waals surface area (Å²) in [5.41, 5.74) is 0.846. The number of aliphatic carboxylic acids is 1. The van der Waals surface area contributed by atoms with E-state index in [9.17, 15) is 13.6 Å². The average molecular weight is 272 g/mol. The van der Waals surface area contributed by atoms with E-state index in [1.54, 1.807) is 12.1 Å². The Balaban J connectivity index is 2.70. The molecule has 0 aromatic heterocycles. The average Bonchev–Trinajstić information content (AvgIpc) is 2.37. The second-order valence-electron chi connectivity index (χ2n) is 4.52. The van der Waals surface area contributed by atoms with Crippen molar-refractivity contribution in [2.75, 3.05) is 13.2 Å². The highest BCUT2D eigenvalue weighted by Crippen LogP contribution is 2.29. The van der Waals surface area contributed by atoms with Gasteiger partial charge in [-0.1, -0.05) is 38.1 Å². The molecule has 3 nitrogen and oxygen atoms in total. The fourth-order valence-corrected chi connectivity index (χ4v) is 1.64. The molecular weight excluding hydrogens is 254 g/mol. The number of rotatable bonds is 7. The fourth-order valence-electron chi connectivity index (χ4n) is 1.64. The van der Waals surface area contributed by atoms with Gasteiger partial charge in [0.15, 0.2) is 0 Å². The molecule has 0 bridgehead atoms. The summed E-state index contributed by atoms with van der Waals surface area (Å²) >= 11 is 0. The molecule has 0 amide bonds. The molecule has 0 aliphatic carbocycles. The van der Waals surface area contributed by atoms with Gasteiger partial charge < -0.3 is 9.84 Å². The molecule has 1 aromatic rings. The molecule has 1 rings (SSSR count). The molecule has 0 fully saturated rings. The van der Waals surface area contributed by atoms with Gasteiger partial charge in [0, 0.05) is 5.56 Å². The van der Waals surface area contributed by atoms with Crippen LogP contribution in [0.1, 0.15) is 37.3 Å². The molecule has 1 unspecified atom stereocenters. The summed E-state index contributed by atoms with van der Waals surface area (Å²) in [6, 6.07) is 6.08. The highest BCUT2D eigenvalue weighted by Gasteiger charge is 2.32. The van der Waals surface area contributed by atoms with Crippen LogP contribution in [-0.2, 0) is 15.5 Å². The number of alkyl halides is 2. The molecule has 0 aliphatic heterocycles. The van der Waals surface area contributed by atoms with E-state index in [0.29, 0.717) is 5.92 Å². The SMILES string of the molecule is CCC(C)c1ccc(C(F)(F)COCC(=O)O)cc1. The van der Waals surface area contributed by atoms with Gasteiger partial charge in [-0.25, -0.2) is 4.79 Å². The lowest BCUT2D eigenvalue weighted by molar-refractivity contribution is -0.147. The lowest BCUT2D eigenvalue weighted by Crippen LogP contribution is -2.23. The summed E-state index contributed by atoms with van der Waals surface area (Å²) in [5.74, 6) is -4.11. The van der Waals surface area contributed by atoms with Crippen LogP contribution in [0.5, 0.6) is 0 Å². The summed E-state index contributed by atoms with van der Waals surface area (Å²) in [5, 5.41) is 8.34. The van der Waals surface area contributed by atoms with E-state index < -0.39 is 25.1 Å². The van der Waals surface area contributed by atoms with Gasteiger partial charge in [-0.05, 0) is 17.9 Å². The summed E-state index contributed by atoms with van der Waals surface area (Å²) in [7, 11) is 0. The third-order valence-corrected chi connectivity index (χ3v) is 3.02. The maximum absolute atomic E-state index is 13.7. The van der Waals surface area contributed by atoms with E-state index in [-0.39, 0.29) is 5.56 Å². The summed E-state index contributed by atoms with van der Waals surface area (Å²) in [6.07, 6.45) is 0.942. The van der Waals surface area contributed by atoms with Gasteiger partial charge in [-0.2, -0.15) is 8.78 Å². The van der Waals surface area contributed by atoms with E-state index in [1.165, 1.54) is 12.1 Å². The molecule has 19 heavy (non-hydrogen) atoms. The second kappa shape index (κ2) is 6.61. The summed E-state index contributed by atoms with van der Waals surface area (Å²) < 4.78 is 31.9. The lowest BCUT2D eigenvalue weighted by Gasteiger charge is -2.17. The van der Waals surface area contributed by atoms with Gasteiger partial charge in [0.05, 0.1) is 0 Å². The van der Waals surface area contributed by atoms with Crippen LogP contribution in [0.2, 0.25) is 0 Å². The minimum absolute atomic E-state index is 0.162. The topological polar surface area (TPSA) is 46.5 Å². The van der Waals surface area contributed by atoms with E-state index in [1.807, 2.05) is 13.8 Å². The van der Waals surface area contributed by atoms with Crippen molar-refractivity contribution in [1.29, 1.82) is 0 Å². The third-order valence-electron chi connectivity index (χ3n) is 3.02. The molecule has 0 aliphatic rings. The predicted molar refractivity (Wildman–Crippen MR) is 67.5 cm³/mol. The van der Waals surface area contributed by atoms with Crippen LogP contribution in [-0.4, -0.2) is 24.3 Å². The second-order valence-corrected chi connectivity index (χ2v) is 4.52. The van der Waals surface area contributed by atoms with Crippen LogP contribution in [0, 0.1) is 0 Å². The molecule has 106 valence electrons. The van der Waals surface area contributed by atoms with Gasteiger partial charge in [0.2, 0.25) is 0 Å². The standard InChI is InChI=1S/C14H18F2O3/c1-3-10(2)11-4-6-12(7-5-11)14(15,16)9-19-8-13(17)18/h4-7,10H,3,8-9H2,1-2H3,(H,17,18). The Kier molecular flexibility index (Phi) is 5.42. The molecule has 0 spiro atoms. The maximum Gasteiger partial charge on any atom is 0.329 e. The maximum atomic E-state index is 13.7. The zero-order valence-corrected chi connectivity index (χ0v) is 11.0. The molecule has 5 heteroatoms. The number of carbonyl (C=O) groups is 1. The van der Waals surface area contributed by atoms with Crippen molar-refractivity contribution >= 4 is 5.97 Å². The molecule has 0 saturated heterocycles. The van der Waals surface area contributed by atoms with E-state index in [4.69, 9.17) is 5.11 Å². The predicted octanol–water partition coefficient (Wildman–Crippen LogP) is 3.39. The molecule has 1 aromatic carbocycles. The lowest BCUT2D eigenvalue weighted by atomic mass is 9.96. The number of carboxylic acids is 1. The Bertz CT molecular complexity index is 415. The molecular formula is C14H18F2O3. The summed E-state index contributed by atoms with van der Waals surface area (Å²) in [6.45, 7) is 2.42. The molecule has 0 saturated carbocycles. The minimum atomic E-state index is -3.18. The number of ether oxygens (including phenoxy) is 1. The number of benzene rings is 1. The minimum Gasteiger partial charge on any atom is -0.480 e. The first-order chi connectivity index (χ1) is 8.86. The van der Waals surface area contributed by atoms with Gasteiger partial charge in [-0.3, -0.25) is 0 Å². The van der Waals surface area contributed by atoms with Crippen LogP contribution in [0.15, 0.2) is 24.3 Å². The van der Waals surface area contributed by atoms with Crippen molar-refractivity contribution in [2.24, 2.45) is 0 Å². The smallest absolute Gasteiger partial charge is 0.329 e. The van der Waals surface area contributed by atoms with E-state index >= 15 is 0 Å². The molecule has 0 radical (unpaired) electrons. The van der Waals surface area contributed by atoms with Gasteiger partial charge >= 0.3 is 5.97 Å². The Labute approximate surface area is 111 Å². The van der Waals surface area contributed by atoms with Crippen molar-refractivity contribution < 1.29 is 23.4 Å². The zero-order chi connectivity index (χ0) is 14.5. The van der Waals surface area contributed by atoms with Crippen LogP contribution < -0.4 is 0 Å². The van der Waals surface area contributed by atoms with Crippen molar-refractivity contribution in [1.82, 2.24) is 0 Å². The van der Waals surface area contributed by atoms with Crippen molar-refractivity contribution in [3.63, 3.8) is 0 Å². The number of hydrogen-bond acceptors (Lipinski definition) is 2. The fraction of sp³-hybridized carbons (Fsp3) is 0.500. The van der Waals surface area contributed by atoms with Gasteiger partial charge in [-0.15, -0.1) is 0 Å². The first-order valence-corrected chi connectivity index (χ1v) is 6.14. The summed E-state index contributed by atoms with van der Waals surface area (Å²) in [4.78, 5) is 10.2. The molecule has 1 atom stereocenters. The van der Waals surface area contributed by atoms with Crippen LogP contribution in [0.4, 0.5) is 8.78 Å². The third kappa shape index (κ3) is 4.59. The number of hydrogen-bond donors (Lipinski definition) is 1. The van der Waals surface area contributed by atoms with Crippen molar-refractivity contribution in [3.8, 4) is 0 Å². The Morgan fingerprint density at radius 1 is 1.37 bits per heavy atom. The Hall–Kier alpha value is -1.49. The van der Waals surface area contributed by atoms with Crippen LogP contribution in [0.3, 0.4) is 0 Å². The number of carboxylic acid groups (broad SMARTS) is 1. The first-order valence-electron chi connectivity index (χ1n) is 6.14. The largest absolute Gasteiger partial charge is 0.480 e. The van der Waals surface area contributed by atoms with Crippen LogP contribution in [0.25, 0.3) is 0 Å². The highest BCUT2D eigenvalue weighted by atomic mass is 19.3. The van der Waals surface area contributed by atoms with Gasteiger partial charge in [0.25, 0.3) is 5.92 Å². The Morgan fingerprint density at radius 2 is 1.95 bits per heavy atom. The Morgan fingerprint density at radius 3 is 2.42 bits per heavy atom. The van der Waals surface area contributed by atoms with E-state index in [2.05, 4.69) is 4.74 Å². The molecule has 0 heterocycles. The van der Waals surface area contributed by atoms with Crippen LogP contribution >= 0.6 is 0 Å². The monoisotopic (exact) mass is 272 g/mol. The normalized spacial score (nSPS) is 13.3. The van der Waals surface area contributed by atoms with Gasteiger partial charge in [0.1, 0.15) is 13.2 Å². The van der Waals surface area contributed by atoms with Crippen molar-refractivity contribution in [3.05, 3.63) is 35.4 Å². The molecule has 1 N–H and O–H groups in total. The zero-order valence-electron chi connectivity index (χ0n) is 11.0. The van der Waals surface area contributed by atoms with E-state index in [0.717, 1.165) is 12.0 Å².